The zero-order valence-electron chi connectivity index (χ0n) is 12.4. The molecule has 0 radical (unpaired) electrons. The van der Waals surface area contributed by atoms with E-state index in [9.17, 15) is 13.2 Å². The topological polar surface area (TPSA) is 75.3 Å². The van der Waals surface area contributed by atoms with E-state index >= 15 is 0 Å². The highest BCUT2D eigenvalue weighted by Crippen LogP contribution is 2.32. The molecule has 2 N–H and O–H groups in total. The number of rotatable bonds is 7. The molecule has 1 aromatic carbocycles. The van der Waals surface area contributed by atoms with E-state index in [0.29, 0.717) is 16.1 Å². The van der Waals surface area contributed by atoms with Crippen molar-refractivity contribution in [1.29, 1.82) is 0 Å². The van der Waals surface area contributed by atoms with Crippen LogP contribution in [0.5, 0.6) is 0 Å². The molecular formula is C15H14Br2N2O3S2. The van der Waals surface area contributed by atoms with Crippen LogP contribution in [0, 0.1) is 0 Å². The Bertz CT molecular complexity index is 827. The van der Waals surface area contributed by atoms with E-state index in [4.69, 9.17) is 0 Å². The van der Waals surface area contributed by atoms with Crippen LogP contribution in [0.3, 0.4) is 0 Å². The number of sulfonamides is 1. The molecule has 0 aliphatic heterocycles. The quantitative estimate of drug-likeness (QED) is 0.569. The summed E-state index contributed by atoms with van der Waals surface area (Å²) in [5.41, 5.74) is 1.23. The molecule has 0 bridgehead atoms. The van der Waals surface area contributed by atoms with Crippen molar-refractivity contribution in [3.05, 3.63) is 61.7 Å². The molecule has 0 fully saturated rings. The third-order valence-electron chi connectivity index (χ3n) is 2.89. The van der Waals surface area contributed by atoms with Gasteiger partial charge < -0.3 is 5.32 Å². The highest BCUT2D eigenvalue weighted by atomic mass is 79.9. The number of halogens is 2. The van der Waals surface area contributed by atoms with Crippen LogP contribution in [0.15, 0.2) is 51.2 Å². The summed E-state index contributed by atoms with van der Waals surface area (Å²) < 4.78 is 27.7. The summed E-state index contributed by atoms with van der Waals surface area (Å²) in [5, 5.41) is 2.77. The second-order valence-electron chi connectivity index (χ2n) is 4.78. The first-order valence-corrected chi connectivity index (χ1v) is 10.8. The number of hydrogen-bond acceptors (Lipinski definition) is 4. The fourth-order valence-corrected chi connectivity index (χ4v) is 4.83. The largest absolute Gasteiger partial charge is 0.321 e. The Labute approximate surface area is 161 Å². The maximum atomic E-state index is 12.2. The number of benzene rings is 1. The molecule has 0 aliphatic rings. The van der Waals surface area contributed by atoms with Crippen LogP contribution in [0.4, 0.5) is 5.69 Å². The lowest BCUT2D eigenvalue weighted by molar-refractivity contribution is 0.103. The summed E-state index contributed by atoms with van der Waals surface area (Å²) in [7, 11) is -3.40. The van der Waals surface area contributed by atoms with Crippen molar-refractivity contribution < 1.29 is 13.2 Å². The maximum Gasteiger partial charge on any atom is 0.265 e. The molecule has 1 aromatic heterocycles. The van der Waals surface area contributed by atoms with Crippen molar-refractivity contribution in [2.45, 2.75) is 5.75 Å². The molecule has 0 spiro atoms. The average Bonchev–Trinajstić information content (AvgIpc) is 2.87. The molecule has 9 heteroatoms. The Kier molecular flexibility index (Phi) is 6.76. The van der Waals surface area contributed by atoms with Gasteiger partial charge in [-0.3, -0.25) is 4.79 Å². The lowest BCUT2D eigenvalue weighted by Crippen LogP contribution is -2.25. The lowest BCUT2D eigenvalue weighted by atomic mass is 10.2. The number of anilines is 1. The van der Waals surface area contributed by atoms with Gasteiger partial charge in [0.25, 0.3) is 5.91 Å². The van der Waals surface area contributed by atoms with E-state index in [1.165, 1.54) is 17.4 Å². The van der Waals surface area contributed by atoms with Gasteiger partial charge in [0.2, 0.25) is 10.0 Å². The van der Waals surface area contributed by atoms with Crippen LogP contribution in [0.2, 0.25) is 0 Å². The summed E-state index contributed by atoms with van der Waals surface area (Å²) in [4.78, 5) is 12.7. The smallest absolute Gasteiger partial charge is 0.265 e. The number of nitrogens with one attached hydrogen (secondary N) is 2. The molecule has 1 amide bonds. The normalized spacial score (nSPS) is 11.2. The first-order valence-electron chi connectivity index (χ1n) is 6.74. The highest BCUT2D eigenvalue weighted by Gasteiger charge is 2.13. The summed E-state index contributed by atoms with van der Waals surface area (Å²) in [5.74, 6) is -0.348. The summed E-state index contributed by atoms with van der Waals surface area (Å²) in [6.07, 6.45) is 1.48. The standard InChI is InChI=1S/C15H14Br2N2O3S2/c1-2-7-18-24(21,22)9-10-3-5-11(6-4-10)19-15(20)13-8-12(16)14(17)23-13/h2-6,8,18H,1,7,9H2,(H,19,20). The second kappa shape index (κ2) is 8.39. The highest BCUT2D eigenvalue weighted by molar-refractivity contribution is 9.13. The minimum atomic E-state index is -3.40. The molecule has 128 valence electrons. The zero-order valence-corrected chi connectivity index (χ0v) is 17.2. The van der Waals surface area contributed by atoms with Gasteiger partial charge in [0.1, 0.15) is 0 Å². The Morgan fingerprint density at radius 2 is 1.92 bits per heavy atom. The van der Waals surface area contributed by atoms with Crippen molar-refractivity contribution in [3.63, 3.8) is 0 Å². The van der Waals surface area contributed by atoms with Gasteiger partial charge in [-0.2, -0.15) is 0 Å². The predicted molar refractivity (Wildman–Crippen MR) is 105 cm³/mol. The molecule has 1 heterocycles. The third-order valence-corrected chi connectivity index (χ3v) is 7.46. The van der Waals surface area contributed by atoms with Crippen molar-refractivity contribution in [2.24, 2.45) is 0 Å². The maximum absolute atomic E-state index is 12.2. The third kappa shape index (κ3) is 5.52. The van der Waals surface area contributed by atoms with Gasteiger partial charge in [-0.15, -0.1) is 17.9 Å². The summed E-state index contributed by atoms with van der Waals surface area (Å²) >= 11 is 8.01. The second-order valence-corrected chi connectivity index (χ2v) is 9.81. The summed E-state index contributed by atoms with van der Waals surface area (Å²) in [6.45, 7) is 3.67. The van der Waals surface area contributed by atoms with Crippen LogP contribution in [0.1, 0.15) is 15.2 Å². The van der Waals surface area contributed by atoms with E-state index in [2.05, 4.69) is 48.5 Å². The van der Waals surface area contributed by atoms with Crippen LogP contribution in [0.25, 0.3) is 0 Å². The summed E-state index contributed by atoms with van der Waals surface area (Å²) in [6, 6.07) is 8.42. The number of carbonyl (C=O) groups excluding carboxylic acids is 1. The first kappa shape index (κ1) is 19.3. The Morgan fingerprint density at radius 1 is 1.25 bits per heavy atom. The number of thiophene rings is 1. The number of hydrogen-bond donors (Lipinski definition) is 2. The molecule has 2 aromatic rings. The zero-order chi connectivity index (χ0) is 17.7. The van der Waals surface area contributed by atoms with E-state index in [-0.39, 0.29) is 18.2 Å². The van der Waals surface area contributed by atoms with Crippen molar-refractivity contribution in [3.8, 4) is 0 Å². The first-order chi connectivity index (χ1) is 11.3. The fourth-order valence-electron chi connectivity index (χ4n) is 1.79. The molecule has 0 saturated carbocycles. The van der Waals surface area contributed by atoms with Crippen molar-refractivity contribution >= 4 is 64.8 Å². The lowest BCUT2D eigenvalue weighted by Gasteiger charge is -2.07. The monoisotopic (exact) mass is 492 g/mol. The molecule has 2 rings (SSSR count). The van der Waals surface area contributed by atoms with E-state index in [1.54, 1.807) is 30.3 Å². The van der Waals surface area contributed by atoms with Crippen molar-refractivity contribution in [1.82, 2.24) is 4.72 Å². The van der Waals surface area contributed by atoms with Gasteiger partial charge in [-0.05, 0) is 55.6 Å². The average molecular weight is 494 g/mol. The fraction of sp³-hybridized carbons (Fsp3) is 0.133. The SMILES string of the molecule is C=CCNS(=O)(=O)Cc1ccc(NC(=O)c2cc(Br)c(Br)s2)cc1. The van der Waals surface area contributed by atoms with E-state index in [0.717, 1.165) is 8.26 Å². The van der Waals surface area contributed by atoms with Gasteiger partial charge in [0.05, 0.1) is 14.4 Å². The van der Waals surface area contributed by atoms with Gasteiger partial charge >= 0.3 is 0 Å². The molecule has 0 atom stereocenters. The van der Waals surface area contributed by atoms with Crippen LogP contribution in [-0.2, 0) is 15.8 Å². The Hall–Kier alpha value is -1.00. The molecule has 0 aliphatic carbocycles. The molecule has 5 nitrogen and oxygen atoms in total. The number of amides is 1. The van der Waals surface area contributed by atoms with Crippen LogP contribution in [-0.4, -0.2) is 20.9 Å². The minimum absolute atomic E-state index is 0.125. The Balaban J connectivity index is 2.01. The van der Waals surface area contributed by atoms with Crippen LogP contribution >= 0.6 is 43.2 Å². The minimum Gasteiger partial charge on any atom is -0.321 e. The van der Waals surface area contributed by atoms with Crippen LogP contribution < -0.4 is 10.0 Å². The van der Waals surface area contributed by atoms with Crippen molar-refractivity contribution in [2.75, 3.05) is 11.9 Å². The van der Waals surface area contributed by atoms with Gasteiger partial charge in [-0.25, -0.2) is 13.1 Å². The number of carbonyl (C=O) groups is 1. The molecule has 24 heavy (non-hydrogen) atoms. The molecular weight excluding hydrogens is 480 g/mol. The van der Waals surface area contributed by atoms with E-state index < -0.39 is 10.0 Å². The molecule has 0 saturated heterocycles. The Morgan fingerprint density at radius 3 is 2.46 bits per heavy atom. The molecule has 0 unspecified atom stereocenters. The van der Waals surface area contributed by atoms with Gasteiger partial charge in [0, 0.05) is 16.7 Å². The van der Waals surface area contributed by atoms with Gasteiger partial charge in [-0.1, -0.05) is 18.2 Å². The predicted octanol–water partition coefficient (Wildman–Crippen LogP) is 4.13. The van der Waals surface area contributed by atoms with Gasteiger partial charge in [0.15, 0.2) is 0 Å². The van der Waals surface area contributed by atoms with E-state index in [1.807, 2.05) is 0 Å².